The summed E-state index contributed by atoms with van der Waals surface area (Å²) in [4.78, 5) is 13.7. The van der Waals surface area contributed by atoms with Gasteiger partial charge in [0.05, 0.1) is 18.5 Å². The van der Waals surface area contributed by atoms with Crippen LogP contribution in [0.2, 0.25) is 0 Å². The van der Waals surface area contributed by atoms with Gasteiger partial charge in [0.2, 0.25) is 0 Å². The van der Waals surface area contributed by atoms with Gasteiger partial charge in [-0.15, -0.1) is 5.10 Å². The van der Waals surface area contributed by atoms with Gasteiger partial charge < -0.3 is 10.1 Å². The van der Waals surface area contributed by atoms with Gasteiger partial charge in [0.15, 0.2) is 5.69 Å². The van der Waals surface area contributed by atoms with Gasteiger partial charge in [0.1, 0.15) is 0 Å². The van der Waals surface area contributed by atoms with E-state index in [2.05, 4.69) is 15.5 Å². The van der Waals surface area contributed by atoms with E-state index in [0.29, 0.717) is 13.2 Å². The van der Waals surface area contributed by atoms with E-state index in [4.69, 9.17) is 4.74 Å². The molecule has 24 heavy (non-hydrogen) atoms. The van der Waals surface area contributed by atoms with Crippen LogP contribution in [0.3, 0.4) is 0 Å². The monoisotopic (exact) mass is 322 g/mol. The van der Waals surface area contributed by atoms with Gasteiger partial charge in [-0.3, -0.25) is 4.79 Å². The second-order valence-electron chi connectivity index (χ2n) is 5.29. The van der Waals surface area contributed by atoms with Crippen molar-refractivity contribution in [3.63, 3.8) is 0 Å². The lowest BCUT2D eigenvalue weighted by Gasteiger charge is -2.06. The SMILES string of the molecule is COCc1cccc(CNC(=O)c2cnn(-c3ccccc3)n2)c1. The summed E-state index contributed by atoms with van der Waals surface area (Å²) in [5, 5.41) is 11.2. The van der Waals surface area contributed by atoms with Crippen molar-refractivity contribution in [3.8, 4) is 5.69 Å². The van der Waals surface area contributed by atoms with E-state index in [1.807, 2.05) is 54.6 Å². The number of ether oxygens (including phenoxy) is 1. The molecular weight excluding hydrogens is 304 g/mol. The number of nitrogens with one attached hydrogen (secondary N) is 1. The Kier molecular flexibility index (Phi) is 4.98. The van der Waals surface area contributed by atoms with Crippen molar-refractivity contribution in [1.29, 1.82) is 0 Å². The number of para-hydroxylation sites is 1. The normalized spacial score (nSPS) is 10.5. The predicted molar refractivity (Wildman–Crippen MR) is 89.7 cm³/mol. The molecule has 1 N–H and O–H groups in total. The summed E-state index contributed by atoms with van der Waals surface area (Å²) >= 11 is 0. The van der Waals surface area contributed by atoms with E-state index >= 15 is 0 Å². The Morgan fingerprint density at radius 3 is 2.71 bits per heavy atom. The molecule has 0 bridgehead atoms. The van der Waals surface area contributed by atoms with E-state index in [1.54, 1.807) is 7.11 Å². The van der Waals surface area contributed by atoms with Crippen LogP contribution in [0.1, 0.15) is 21.6 Å². The third-order valence-corrected chi connectivity index (χ3v) is 3.47. The number of aromatic nitrogens is 3. The first-order valence-corrected chi connectivity index (χ1v) is 7.59. The van der Waals surface area contributed by atoms with Gasteiger partial charge in [-0.25, -0.2) is 0 Å². The lowest BCUT2D eigenvalue weighted by molar-refractivity contribution is 0.0945. The minimum atomic E-state index is -0.255. The van der Waals surface area contributed by atoms with E-state index in [9.17, 15) is 4.79 Å². The fourth-order valence-electron chi connectivity index (χ4n) is 2.32. The molecule has 0 spiro atoms. The Morgan fingerprint density at radius 2 is 1.92 bits per heavy atom. The fourth-order valence-corrected chi connectivity index (χ4v) is 2.32. The molecule has 3 rings (SSSR count). The lowest BCUT2D eigenvalue weighted by Crippen LogP contribution is -2.23. The molecule has 1 heterocycles. The van der Waals surface area contributed by atoms with Crippen molar-refractivity contribution in [1.82, 2.24) is 20.3 Å². The largest absolute Gasteiger partial charge is 0.380 e. The highest BCUT2D eigenvalue weighted by Crippen LogP contribution is 2.07. The highest BCUT2D eigenvalue weighted by Gasteiger charge is 2.11. The highest BCUT2D eigenvalue weighted by molar-refractivity contribution is 5.91. The zero-order valence-electron chi connectivity index (χ0n) is 13.3. The topological polar surface area (TPSA) is 69.0 Å². The third-order valence-electron chi connectivity index (χ3n) is 3.47. The molecule has 0 aliphatic heterocycles. The first kappa shape index (κ1) is 15.9. The molecule has 0 aliphatic carbocycles. The zero-order valence-corrected chi connectivity index (χ0v) is 13.3. The number of amides is 1. The molecule has 122 valence electrons. The number of hydrogen-bond acceptors (Lipinski definition) is 4. The second-order valence-corrected chi connectivity index (χ2v) is 5.29. The maximum Gasteiger partial charge on any atom is 0.273 e. The Bertz CT molecular complexity index is 815. The molecule has 2 aromatic carbocycles. The Balaban J connectivity index is 1.63. The average molecular weight is 322 g/mol. The quantitative estimate of drug-likeness (QED) is 0.756. The first-order valence-electron chi connectivity index (χ1n) is 7.59. The molecule has 0 fully saturated rings. The number of methoxy groups -OCH3 is 1. The van der Waals surface area contributed by atoms with Crippen LogP contribution in [0, 0.1) is 0 Å². The molecule has 0 aliphatic rings. The summed E-state index contributed by atoms with van der Waals surface area (Å²) in [5.41, 5.74) is 3.17. The Morgan fingerprint density at radius 1 is 1.12 bits per heavy atom. The molecule has 0 radical (unpaired) electrons. The molecule has 0 atom stereocenters. The van der Waals surface area contributed by atoms with Gasteiger partial charge in [-0.05, 0) is 23.3 Å². The van der Waals surface area contributed by atoms with Crippen LogP contribution in [-0.2, 0) is 17.9 Å². The molecule has 3 aromatic rings. The minimum Gasteiger partial charge on any atom is -0.380 e. The summed E-state index contributed by atoms with van der Waals surface area (Å²) < 4.78 is 5.11. The van der Waals surface area contributed by atoms with Gasteiger partial charge in [0, 0.05) is 13.7 Å². The maximum absolute atomic E-state index is 12.2. The van der Waals surface area contributed by atoms with Crippen LogP contribution in [0.4, 0.5) is 0 Å². The Labute approximate surface area is 140 Å². The number of rotatable bonds is 6. The molecule has 6 nitrogen and oxygen atoms in total. The van der Waals surface area contributed by atoms with Crippen molar-refractivity contribution in [2.75, 3.05) is 7.11 Å². The molecule has 6 heteroatoms. The maximum atomic E-state index is 12.2. The summed E-state index contributed by atoms with van der Waals surface area (Å²) in [7, 11) is 1.66. The highest BCUT2D eigenvalue weighted by atomic mass is 16.5. The number of carbonyl (C=O) groups excluding carboxylic acids is 1. The van der Waals surface area contributed by atoms with Crippen LogP contribution in [0.25, 0.3) is 5.69 Å². The molecule has 0 saturated carbocycles. The number of nitrogens with zero attached hydrogens (tertiary/aromatic N) is 3. The third kappa shape index (κ3) is 3.85. The van der Waals surface area contributed by atoms with E-state index in [1.165, 1.54) is 11.0 Å². The van der Waals surface area contributed by atoms with Gasteiger partial charge in [-0.2, -0.15) is 9.90 Å². The smallest absolute Gasteiger partial charge is 0.273 e. The second kappa shape index (κ2) is 7.52. The molecule has 1 amide bonds. The van der Waals surface area contributed by atoms with Crippen LogP contribution < -0.4 is 5.32 Å². The Hall–Kier alpha value is -2.99. The lowest BCUT2D eigenvalue weighted by atomic mass is 10.1. The molecule has 1 aromatic heterocycles. The number of benzene rings is 2. The average Bonchev–Trinajstić information content (AvgIpc) is 3.11. The fraction of sp³-hybridized carbons (Fsp3) is 0.167. The van der Waals surface area contributed by atoms with Crippen LogP contribution in [-0.4, -0.2) is 28.0 Å². The molecule has 0 unspecified atom stereocenters. The molecular formula is C18H18N4O2. The van der Waals surface area contributed by atoms with Gasteiger partial charge in [-0.1, -0.05) is 42.5 Å². The van der Waals surface area contributed by atoms with E-state index < -0.39 is 0 Å². The van der Waals surface area contributed by atoms with E-state index in [0.717, 1.165) is 16.8 Å². The van der Waals surface area contributed by atoms with E-state index in [-0.39, 0.29) is 11.6 Å². The van der Waals surface area contributed by atoms with Gasteiger partial charge >= 0.3 is 0 Å². The zero-order chi connectivity index (χ0) is 16.8. The predicted octanol–water partition coefficient (Wildman–Crippen LogP) is 2.34. The van der Waals surface area contributed by atoms with Crippen molar-refractivity contribution in [2.45, 2.75) is 13.2 Å². The number of hydrogen-bond donors (Lipinski definition) is 1. The summed E-state index contributed by atoms with van der Waals surface area (Å²) in [5.74, 6) is -0.255. The summed E-state index contributed by atoms with van der Waals surface area (Å²) in [6.45, 7) is 0.974. The van der Waals surface area contributed by atoms with Crippen molar-refractivity contribution < 1.29 is 9.53 Å². The standard InChI is InChI=1S/C18H18N4O2/c1-24-13-15-7-5-6-14(10-15)11-19-18(23)17-12-20-22(21-17)16-8-3-2-4-9-16/h2-10,12H,11,13H2,1H3,(H,19,23). The first-order chi connectivity index (χ1) is 11.8. The summed E-state index contributed by atoms with van der Waals surface area (Å²) in [6.07, 6.45) is 1.46. The van der Waals surface area contributed by atoms with Gasteiger partial charge in [0.25, 0.3) is 5.91 Å². The van der Waals surface area contributed by atoms with Crippen LogP contribution in [0.5, 0.6) is 0 Å². The minimum absolute atomic E-state index is 0.255. The van der Waals surface area contributed by atoms with Crippen molar-refractivity contribution in [2.24, 2.45) is 0 Å². The molecule has 0 saturated heterocycles. The van der Waals surface area contributed by atoms with Crippen molar-refractivity contribution in [3.05, 3.63) is 77.6 Å². The van der Waals surface area contributed by atoms with Crippen LogP contribution >= 0.6 is 0 Å². The van der Waals surface area contributed by atoms with Crippen molar-refractivity contribution >= 4 is 5.91 Å². The summed E-state index contributed by atoms with van der Waals surface area (Å²) in [6, 6.07) is 17.4. The van der Waals surface area contributed by atoms with Crippen LogP contribution in [0.15, 0.2) is 60.8 Å². The number of carbonyl (C=O) groups is 1.